The predicted molar refractivity (Wildman–Crippen MR) is 265 cm³/mol. The fourth-order valence-electron chi connectivity index (χ4n) is 7.75. The third-order valence-corrected chi connectivity index (χ3v) is 11.3. The Bertz CT molecular complexity index is 2880. The number of aromatic nitrogens is 4. The first-order chi connectivity index (χ1) is 33.3. The molecular weight excluding hydrogens is 861 g/mol. The number of fused-ring (bicyclic) bond motifs is 2. The first kappa shape index (κ1) is 48.1. The van der Waals surface area contributed by atoms with Crippen LogP contribution in [-0.2, 0) is 19.1 Å². The fourth-order valence-corrected chi connectivity index (χ4v) is 7.75. The van der Waals surface area contributed by atoms with Gasteiger partial charge in [-0.1, -0.05) is 60.7 Å². The van der Waals surface area contributed by atoms with Crippen LogP contribution in [0.1, 0.15) is 51.4 Å². The lowest BCUT2D eigenvalue weighted by Gasteiger charge is -2.14. The Labute approximate surface area is 397 Å². The second-order valence-electron chi connectivity index (χ2n) is 15.8. The van der Waals surface area contributed by atoms with E-state index in [-0.39, 0.29) is 11.9 Å². The van der Waals surface area contributed by atoms with Gasteiger partial charge in [0, 0.05) is 47.9 Å². The summed E-state index contributed by atoms with van der Waals surface area (Å²) in [6, 6.07) is 45.9. The molecule has 0 atom stereocenters. The Morgan fingerprint density at radius 2 is 0.897 bits per heavy atom. The van der Waals surface area contributed by atoms with E-state index in [9.17, 15) is 9.59 Å². The summed E-state index contributed by atoms with van der Waals surface area (Å²) < 4.78 is 42.0. The lowest BCUT2D eigenvalue weighted by molar-refractivity contribution is -0.141. The summed E-state index contributed by atoms with van der Waals surface area (Å²) in [5.41, 5.74) is 7.62. The van der Waals surface area contributed by atoms with Crippen LogP contribution in [0, 0.1) is 0 Å². The number of benzene rings is 6. The van der Waals surface area contributed by atoms with E-state index in [0.29, 0.717) is 37.6 Å². The number of hydrogen-bond acceptors (Lipinski definition) is 11. The minimum atomic E-state index is -0.172. The maximum atomic E-state index is 11.2. The van der Waals surface area contributed by atoms with Crippen molar-refractivity contribution in [3.63, 3.8) is 0 Å². The van der Waals surface area contributed by atoms with Gasteiger partial charge in [-0.3, -0.25) is 18.7 Å². The minimum Gasteiger partial charge on any atom is -0.497 e. The molecular formula is C55H58N4O9. The van der Waals surface area contributed by atoms with Crippen LogP contribution in [-0.4, -0.2) is 79.8 Å². The lowest BCUT2D eigenvalue weighted by Crippen LogP contribution is -2.02. The molecule has 0 amide bonds. The van der Waals surface area contributed by atoms with Crippen LogP contribution in [0.4, 0.5) is 0 Å². The van der Waals surface area contributed by atoms with Gasteiger partial charge in [-0.05, 0) is 99.2 Å². The highest BCUT2D eigenvalue weighted by atomic mass is 16.5. The number of methoxy groups -OCH3 is 5. The molecule has 0 aliphatic heterocycles. The number of hydrogen-bond donors (Lipinski definition) is 0. The van der Waals surface area contributed by atoms with Crippen LogP contribution < -0.4 is 23.7 Å². The largest absolute Gasteiger partial charge is 0.497 e. The molecule has 2 heterocycles. The molecule has 13 heteroatoms. The monoisotopic (exact) mass is 918 g/mol. The number of ether oxygens (including phenoxy) is 7. The quantitative estimate of drug-likeness (QED) is 0.0503. The summed E-state index contributed by atoms with van der Waals surface area (Å²) in [5, 5.41) is 0. The number of nitrogens with zero attached hydrogens (tertiary/aromatic N) is 4. The molecule has 0 bridgehead atoms. The summed E-state index contributed by atoms with van der Waals surface area (Å²) in [5.74, 6) is 5.04. The molecule has 2 aromatic heterocycles. The van der Waals surface area contributed by atoms with E-state index in [4.69, 9.17) is 33.7 Å². The van der Waals surface area contributed by atoms with Crippen LogP contribution in [0.15, 0.2) is 140 Å². The van der Waals surface area contributed by atoms with E-state index >= 15 is 0 Å². The van der Waals surface area contributed by atoms with E-state index in [1.807, 2.05) is 127 Å². The number of imidazole rings is 2. The normalized spacial score (nSPS) is 10.8. The molecule has 0 aliphatic carbocycles. The summed E-state index contributed by atoms with van der Waals surface area (Å²) in [7, 11) is 7.75. The zero-order chi connectivity index (χ0) is 47.7. The second-order valence-corrected chi connectivity index (χ2v) is 15.8. The first-order valence-corrected chi connectivity index (χ1v) is 22.8. The maximum absolute atomic E-state index is 11.2. The van der Waals surface area contributed by atoms with Crippen molar-refractivity contribution in [2.24, 2.45) is 0 Å². The third kappa shape index (κ3) is 12.1. The van der Waals surface area contributed by atoms with Crippen LogP contribution in [0.25, 0.3) is 56.2 Å². The van der Waals surface area contributed by atoms with Gasteiger partial charge in [0.25, 0.3) is 0 Å². The standard InChI is InChI=1S/C28H30N2O5.C27H28N2O4/c1-32-25-16-13-21(18-26(25)33-2)30-24-19-22(35-17-9-5-8-12-27(31)34-3)14-15-23(24)29-28(30)20-10-6-4-7-11-20;1-31-22-14-12-21(13-15-22)29-25-19-23(33-18-8-4-7-11-26(30)32-2)16-17-24(25)28-27(29)20-9-5-3-6-10-20/h4,6-7,10-11,13-16,18-19H,5,8-9,12,17H2,1-3H3;3,5-6,9-10,12-17,19H,4,7-8,11,18H2,1-2H3. The van der Waals surface area contributed by atoms with E-state index in [0.717, 1.165) is 112 Å². The molecule has 6 aromatic carbocycles. The predicted octanol–water partition coefficient (Wildman–Crippen LogP) is 11.6. The van der Waals surface area contributed by atoms with Crippen molar-refractivity contribution >= 4 is 34.0 Å². The van der Waals surface area contributed by atoms with Gasteiger partial charge in [0.15, 0.2) is 11.5 Å². The van der Waals surface area contributed by atoms with E-state index in [2.05, 4.69) is 30.7 Å². The molecule has 8 rings (SSSR count). The molecule has 0 spiro atoms. The van der Waals surface area contributed by atoms with Gasteiger partial charge in [0.2, 0.25) is 0 Å². The average molecular weight is 919 g/mol. The van der Waals surface area contributed by atoms with E-state index in [1.54, 1.807) is 21.3 Å². The molecule has 0 fully saturated rings. The number of esters is 2. The highest BCUT2D eigenvalue weighted by Gasteiger charge is 2.18. The zero-order valence-electron chi connectivity index (χ0n) is 39.3. The Morgan fingerprint density at radius 3 is 1.35 bits per heavy atom. The van der Waals surface area contributed by atoms with Crippen molar-refractivity contribution in [3.8, 4) is 62.9 Å². The smallest absolute Gasteiger partial charge is 0.305 e. The lowest BCUT2D eigenvalue weighted by atomic mass is 10.2. The molecule has 0 saturated carbocycles. The molecule has 0 saturated heterocycles. The molecule has 352 valence electrons. The van der Waals surface area contributed by atoms with Crippen LogP contribution in [0.3, 0.4) is 0 Å². The molecule has 68 heavy (non-hydrogen) atoms. The summed E-state index contributed by atoms with van der Waals surface area (Å²) in [6.45, 7) is 1.16. The maximum Gasteiger partial charge on any atom is 0.305 e. The highest BCUT2D eigenvalue weighted by Crippen LogP contribution is 2.36. The Balaban J connectivity index is 0.000000202. The Hall–Kier alpha value is -7.80. The molecule has 0 radical (unpaired) electrons. The van der Waals surface area contributed by atoms with Gasteiger partial charge in [-0.15, -0.1) is 0 Å². The zero-order valence-corrected chi connectivity index (χ0v) is 39.3. The first-order valence-electron chi connectivity index (χ1n) is 22.8. The topological polar surface area (TPSA) is 134 Å². The minimum absolute atomic E-state index is 0.164. The van der Waals surface area contributed by atoms with Gasteiger partial charge in [0.1, 0.15) is 28.9 Å². The molecule has 8 aromatic rings. The van der Waals surface area contributed by atoms with Crippen LogP contribution >= 0.6 is 0 Å². The van der Waals surface area contributed by atoms with Crippen molar-refractivity contribution in [3.05, 3.63) is 140 Å². The van der Waals surface area contributed by atoms with Crippen molar-refractivity contribution < 1.29 is 42.7 Å². The third-order valence-electron chi connectivity index (χ3n) is 11.3. The summed E-state index contributed by atoms with van der Waals surface area (Å²) in [4.78, 5) is 32.3. The van der Waals surface area contributed by atoms with Crippen molar-refractivity contribution in [1.82, 2.24) is 19.1 Å². The number of rotatable bonds is 21. The molecule has 13 nitrogen and oxygen atoms in total. The highest BCUT2D eigenvalue weighted by molar-refractivity contribution is 5.86. The SMILES string of the molecule is COC(=O)CCCCCOc1ccc2nc(-c3ccccc3)n(-c3ccc(OC)c(OC)c3)c2c1.COC(=O)CCCCCOc1ccc2nc(-c3ccccc3)n(-c3ccc(OC)cc3)c2c1. The van der Waals surface area contributed by atoms with E-state index in [1.165, 1.54) is 14.2 Å². The Kier molecular flexibility index (Phi) is 17.1. The van der Waals surface area contributed by atoms with Gasteiger partial charge in [-0.25, -0.2) is 9.97 Å². The van der Waals surface area contributed by atoms with Gasteiger partial charge in [-0.2, -0.15) is 0 Å². The fraction of sp³-hybridized carbons (Fsp3) is 0.273. The second kappa shape index (κ2) is 24.1. The summed E-state index contributed by atoms with van der Waals surface area (Å²) in [6.07, 6.45) is 6.04. The number of unbranched alkanes of at least 4 members (excludes halogenated alkanes) is 4. The van der Waals surface area contributed by atoms with Crippen molar-refractivity contribution in [2.45, 2.75) is 51.4 Å². The summed E-state index contributed by atoms with van der Waals surface area (Å²) >= 11 is 0. The molecule has 0 aliphatic rings. The molecule has 0 unspecified atom stereocenters. The van der Waals surface area contributed by atoms with E-state index < -0.39 is 0 Å². The van der Waals surface area contributed by atoms with Gasteiger partial charge >= 0.3 is 11.9 Å². The average Bonchev–Trinajstić information content (AvgIpc) is 3.97. The van der Waals surface area contributed by atoms with Crippen molar-refractivity contribution in [2.75, 3.05) is 48.8 Å². The number of carbonyl (C=O) groups excluding carboxylic acids is 2. The number of carbonyl (C=O) groups is 2. The van der Waals surface area contributed by atoms with Gasteiger partial charge < -0.3 is 33.2 Å². The Morgan fingerprint density at radius 1 is 0.441 bits per heavy atom. The van der Waals surface area contributed by atoms with Gasteiger partial charge in [0.05, 0.1) is 76.5 Å². The van der Waals surface area contributed by atoms with Crippen molar-refractivity contribution in [1.29, 1.82) is 0 Å². The van der Waals surface area contributed by atoms with Crippen LogP contribution in [0.2, 0.25) is 0 Å². The van der Waals surface area contributed by atoms with Crippen LogP contribution in [0.5, 0.6) is 28.7 Å². The molecule has 0 N–H and O–H groups in total.